The molecule has 0 aliphatic heterocycles. The van der Waals surface area contributed by atoms with Gasteiger partial charge >= 0.3 is 5.97 Å². The molecule has 0 heterocycles. The maximum atomic E-state index is 12.0. The van der Waals surface area contributed by atoms with Gasteiger partial charge in [0.1, 0.15) is 5.75 Å². The van der Waals surface area contributed by atoms with Crippen molar-refractivity contribution in [2.45, 2.75) is 39.2 Å². The predicted octanol–water partition coefficient (Wildman–Crippen LogP) is 2.07. The number of benzene rings is 1. The zero-order chi connectivity index (χ0) is 14.6. The molecule has 1 rings (SSSR count). The molecule has 0 unspecified atom stereocenters. The molecule has 0 bridgehead atoms. The number of hydrogen-bond acceptors (Lipinski definition) is 3. The molecule has 0 spiro atoms. The number of aromatic hydroxyl groups is 1. The summed E-state index contributed by atoms with van der Waals surface area (Å²) in [7, 11) is 0. The quantitative estimate of drug-likeness (QED) is 0.760. The third-order valence-electron chi connectivity index (χ3n) is 2.89. The fourth-order valence-corrected chi connectivity index (χ4v) is 1.61. The number of phenols is 1. The Hall–Kier alpha value is -2.04. The van der Waals surface area contributed by atoms with E-state index in [1.807, 2.05) is 0 Å². The Labute approximate surface area is 112 Å². The molecule has 1 amide bonds. The Bertz CT molecular complexity index is 494. The van der Waals surface area contributed by atoms with E-state index in [1.54, 1.807) is 32.9 Å². The fraction of sp³-hybridized carbons (Fsp3) is 0.429. The van der Waals surface area contributed by atoms with Crippen LogP contribution in [0.2, 0.25) is 0 Å². The fourth-order valence-electron chi connectivity index (χ4n) is 1.61. The molecule has 0 fully saturated rings. The summed E-state index contributed by atoms with van der Waals surface area (Å²) >= 11 is 0. The number of amides is 1. The van der Waals surface area contributed by atoms with Crippen LogP contribution in [0.1, 0.15) is 42.6 Å². The van der Waals surface area contributed by atoms with Crippen LogP contribution in [0.5, 0.6) is 5.75 Å². The molecular weight excluding hydrogens is 246 g/mol. The van der Waals surface area contributed by atoms with Gasteiger partial charge in [0.2, 0.25) is 0 Å². The van der Waals surface area contributed by atoms with Crippen molar-refractivity contribution in [3.63, 3.8) is 0 Å². The Balaban J connectivity index is 2.72. The third kappa shape index (κ3) is 4.62. The topological polar surface area (TPSA) is 86.6 Å². The maximum Gasteiger partial charge on any atom is 0.303 e. The van der Waals surface area contributed by atoms with Crippen LogP contribution >= 0.6 is 0 Å². The number of carboxylic acid groups (broad SMARTS) is 1. The highest BCUT2D eigenvalue weighted by Gasteiger charge is 2.22. The van der Waals surface area contributed by atoms with Crippen LogP contribution in [0.15, 0.2) is 18.2 Å². The van der Waals surface area contributed by atoms with Crippen LogP contribution in [-0.2, 0) is 4.79 Å². The van der Waals surface area contributed by atoms with Crippen molar-refractivity contribution in [2.24, 2.45) is 0 Å². The normalized spacial score (nSPS) is 11.1. The highest BCUT2D eigenvalue weighted by Crippen LogP contribution is 2.19. The molecule has 1 aromatic carbocycles. The van der Waals surface area contributed by atoms with Crippen LogP contribution in [0.3, 0.4) is 0 Å². The minimum atomic E-state index is -0.893. The van der Waals surface area contributed by atoms with E-state index in [1.165, 1.54) is 6.07 Å². The molecule has 5 heteroatoms. The van der Waals surface area contributed by atoms with Crippen LogP contribution in [0.4, 0.5) is 0 Å². The molecule has 0 saturated carbocycles. The monoisotopic (exact) mass is 265 g/mol. The van der Waals surface area contributed by atoms with Gasteiger partial charge in [-0.15, -0.1) is 0 Å². The average Bonchev–Trinajstić information content (AvgIpc) is 2.29. The van der Waals surface area contributed by atoms with E-state index >= 15 is 0 Å². The number of phenolic OH excluding ortho intramolecular Hbond substituents is 1. The molecule has 5 nitrogen and oxygen atoms in total. The summed E-state index contributed by atoms with van der Waals surface area (Å²) in [6.45, 7) is 5.28. The number of carbonyl (C=O) groups is 2. The molecule has 1 aromatic rings. The van der Waals surface area contributed by atoms with E-state index in [4.69, 9.17) is 5.11 Å². The smallest absolute Gasteiger partial charge is 0.303 e. The molecule has 3 N–H and O–H groups in total. The van der Waals surface area contributed by atoms with Gasteiger partial charge in [-0.25, -0.2) is 0 Å². The van der Waals surface area contributed by atoms with E-state index in [9.17, 15) is 14.7 Å². The summed E-state index contributed by atoms with van der Waals surface area (Å²) in [5.41, 5.74) is 0.434. The molecule has 104 valence electrons. The van der Waals surface area contributed by atoms with Crippen molar-refractivity contribution in [3.8, 4) is 5.75 Å². The van der Waals surface area contributed by atoms with Crippen molar-refractivity contribution < 1.29 is 19.8 Å². The molecule has 0 aliphatic rings. The summed E-state index contributed by atoms with van der Waals surface area (Å²) in [5.74, 6) is -1.16. The van der Waals surface area contributed by atoms with E-state index in [-0.39, 0.29) is 18.1 Å². The van der Waals surface area contributed by atoms with Gasteiger partial charge in [0.05, 0.1) is 0 Å². The number of aryl methyl sites for hydroxylation is 1. The van der Waals surface area contributed by atoms with Crippen molar-refractivity contribution in [2.75, 3.05) is 0 Å². The standard InChI is InChI=1S/C14H19NO4/c1-9-4-5-10(8-11(9)16)13(19)15-14(2,3)7-6-12(17)18/h4-5,8,16H,6-7H2,1-3H3,(H,15,19)(H,17,18). The predicted molar refractivity (Wildman–Crippen MR) is 71.3 cm³/mol. The number of rotatable bonds is 5. The summed E-state index contributed by atoms with van der Waals surface area (Å²) in [4.78, 5) is 22.5. The number of aliphatic carboxylic acids is 1. The third-order valence-corrected chi connectivity index (χ3v) is 2.89. The molecule has 0 atom stereocenters. The summed E-state index contributed by atoms with van der Waals surface area (Å²) in [6, 6.07) is 4.68. The van der Waals surface area contributed by atoms with Crippen LogP contribution in [0.25, 0.3) is 0 Å². The van der Waals surface area contributed by atoms with Crippen LogP contribution in [-0.4, -0.2) is 27.6 Å². The largest absolute Gasteiger partial charge is 0.508 e. The van der Waals surface area contributed by atoms with Gasteiger partial charge in [0.15, 0.2) is 0 Å². The van der Waals surface area contributed by atoms with Crippen molar-refractivity contribution >= 4 is 11.9 Å². The summed E-state index contributed by atoms with van der Waals surface area (Å²) < 4.78 is 0. The summed E-state index contributed by atoms with van der Waals surface area (Å²) in [5, 5.41) is 21.0. The second kappa shape index (κ2) is 5.73. The van der Waals surface area contributed by atoms with E-state index in [0.717, 1.165) is 0 Å². The van der Waals surface area contributed by atoms with E-state index < -0.39 is 11.5 Å². The van der Waals surface area contributed by atoms with E-state index in [0.29, 0.717) is 17.5 Å². The van der Waals surface area contributed by atoms with Gasteiger partial charge < -0.3 is 15.5 Å². The zero-order valence-corrected chi connectivity index (χ0v) is 11.4. The Morgan fingerprint density at radius 1 is 1.32 bits per heavy atom. The molecular formula is C14H19NO4. The van der Waals surface area contributed by atoms with Crippen molar-refractivity contribution in [3.05, 3.63) is 29.3 Å². The van der Waals surface area contributed by atoms with Crippen molar-refractivity contribution in [1.29, 1.82) is 0 Å². The lowest BCUT2D eigenvalue weighted by atomic mass is 9.97. The lowest BCUT2D eigenvalue weighted by Gasteiger charge is -2.25. The Morgan fingerprint density at radius 3 is 2.47 bits per heavy atom. The Kier molecular flexibility index (Phi) is 4.53. The molecule has 0 saturated heterocycles. The molecule has 0 aromatic heterocycles. The molecule has 0 radical (unpaired) electrons. The van der Waals surface area contributed by atoms with Gasteiger partial charge in [-0.05, 0) is 44.9 Å². The highest BCUT2D eigenvalue weighted by molar-refractivity contribution is 5.95. The maximum absolute atomic E-state index is 12.0. The first kappa shape index (κ1) is 15.0. The molecule has 19 heavy (non-hydrogen) atoms. The first-order chi connectivity index (χ1) is 8.71. The first-order valence-electron chi connectivity index (χ1n) is 6.05. The van der Waals surface area contributed by atoms with Gasteiger partial charge in [-0.1, -0.05) is 6.07 Å². The van der Waals surface area contributed by atoms with Gasteiger partial charge in [-0.2, -0.15) is 0 Å². The second-order valence-electron chi connectivity index (χ2n) is 5.23. The zero-order valence-electron chi connectivity index (χ0n) is 11.4. The number of hydrogen-bond donors (Lipinski definition) is 3. The first-order valence-corrected chi connectivity index (χ1v) is 6.05. The number of carbonyl (C=O) groups excluding carboxylic acids is 1. The minimum absolute atomic E-state index is 0.00751. The number of nitrogens with one attached hydrogen (secondary N) is 1. The highest BCUT2D eigenvalue weighted by atomic mass is 16.4. The summed E-state index contributed by atoms with van der Waals surface area (Å²) in [6.07, 6.45) is 0.332. The van der Waals surface area contributed by atoms with Gasteiger partial charge in [0.25, 0.3) is 5.91 Å². The SMILES string of the molecule is Cc1ccc(C(=O)NC(C)(C)CCC(=O)O)cc1O. The van der Waals surface area contributed by atoms with Crippen LogP contribution in [0, 0.1) is 6.92 Å². The van der Waals surface area contributed by atoms with E-state index in [2.05, 4.69) is 5.32 Å². The second-order valence-corrected chi connectivity index (χ2v) is 5.23. The number of carboxylic acids is 1. The van der Waals surface area contributed by atoms with Crippen LogP contribution < -0.4 is 5.32 Å². The van der Waals surface area contributed by atoms with Gasteiger partial charge in [-0.3, -0.25) is 9.59 Å². The Morgan fingerprint density at radius 2 is 1.95 bits per heavy atom. The lowest BCUT2D eigenvalue weighted by molar-refractivity contribution is -0.137. The van der Waals surface area contributed by atoms with Crippen molar-refractivity contribution in [1.82, 2.24) is 5.32 Å². The lowest BCUT2D eigenvalue weighted by Crippen LogP contribution is -2.43. The molecule has 0 aliphatic carbocycles. The minimum Gasteiger partial charge on any atom is -0.508 e. The average molecular weight is 265 g/mol. The van der Waals surface area contributed by atoms with Gasteiger partial charge in [0, 0.05) is 17.5 Å².